The zero-order valence-corrected chi connectivity index (χ0v) is 14.5. The van der Waals surface area contributed by atoms with Crippen LogP contribution in [0.3, 0.4) is 0 Å². The lowest BCUT2D eigenvalue weighted by atomic mass is 10.1. The van der Waals surface area contributed by atoms with Gasteiger partial charge in [-0.1, -0.05) is 39.4 Å². The van der Waals surface area contributed by atoms with E-state index < -0.39 is 16.6 Å². The second kappa shape index (κ2) is 6.70. The van der Waals surface area contributed by atoms with Gasteiger partial charge in [0.05, 0.1) is 6.04 Å². The molecule has 0 bridgehead atoms. The van der Waals surface area contributed by atoms with Crippen molar-refractivity contribution in [1.82, 2.24) is 4.98 Å². The van der Waals surface area contributed by atoms with E-state index in [9.17, 15) is 4.79 Å². The number of carbonyl (C=O) groups excluding carboxylic acids is 1. The van der Waals surface area contributed by atoms with Crippen LogP contribution in [0.15, 0.2) is 0 Å². The number of hydrogen-bond donors (Lipinski definition) is 1. The van der Waals surface area contributed by atoms with Crippen molar-refractivity contribution in [2.75, 3.05) is 0 Å². The predicted molar refractivity (Wildman–Crippen MR) is 79.2 cm³/mol. The van der Waals surface area contributed by atoms with Gasteiger partial charge in [-0.3, -0.25) is 4.79 Å². The summed E-state index contributed by atoms with van der Waals surface area (Å²) in [5.74, 6) is -0.0416. The smallest absolute Gasteiger partial charge is 0.309 e. The van der Waals surface area contributed by atoms with Crippen molar-refractivity contribution >= 4 is 22.5 Å². The molecule has 0 rings (SSSR count). The Morgan fingerprint density at radius 1 is 1.18 bits per heavy atom. The Balaban J connectivity index is 4.51. The zero-order chi connectivity index (χ0) is 13.7. The summed E-state index contributed by atoms with van der Waals surface area (Å²) in [7, 11) is -3.22. The maximum atomic E-state index is 12.1. The summed E-state index contributed by atoms with van der Waals surface area (Å²) in [5.41, 5.74) is 0. The average Bonchev–Trinajstić information content (AvgIpc) is 2.07. The molecule has 0 aliphatic carbocycles. The third kappa shape index (κ3) is 9.55. The third-order valence-electron chi connectivity index (χ3n) is 2.14. The Bertz CT molecular complexity index is 244. The maximum absolute atomic E-state index is 12.1. The molecular weight excluding hydrogens is 246 g/mol. The van der Waals surface area contributed by atoms with Crippen molar-refractivity contribution in [2.45, 2.75) is 71.5 Å². The molecule has 0 amide bonds. The van der Waals surface area contributed by atoms with E-state index in [-0.39, 0.29) is 12.0 Å². The quantitative estimate of drug-likeness (QED) is 0.724. The van der Waals surface area contributed by atoms with Gasteiger partial charge < -0.3 is 9.41 Å². The van der Waals surface area contributed by atoms with E-state index in [4.69, 9.17) is 4.43 Å². The molecule has 0 saturated heterocycles. The van der Waals surface area contributed by atoms with Gasteiger partial charge in [0.1, 0.15) is 8.24 Å². The van der Waals surface area contributed by atoms with E-state index >= 15 is 0 Å². The Kier molecular flexibility index (Phi) is 6.65. The monoisotopic (exact) mass is 275 g/mol. The van der Waals surface area contributed by atoms with Crippen LogP contribution in [0.25, 0.3) is 0 Å². The normalized spacial score (nSPS) is 14.5. The van der Waals surface area contributed by atoms with E-state index in [1.165, 1.54) is 0 Å². The van der Waals surface area contributed by atoms with Crippen molar-refractivity contribution in [1.29, 1.82) is 0 Å². The van der Waals surface area contributed by atoms with E-state index in [1.807, 2.05) is 0 Å². The first-order chi connectivity index (χ1) is 7.55. The van der Waals surface area contributed by atoms with Gasteiger partial charge in [0.25, 0.3) is 0 Å². The second-order valence-corrected chi connectivity index (χ2v) is 15.8. The second-order valence-electron chi connectivity index (χ2n) is 6.62. The maximum Gasteiger partial charge on any atom is 0.309 e. The fraction of sp³-hybridized carbons (Fsp3) is 0.917. The number of carbonyl (C=O) groups is 1. The minimum absolute atomic E-state index is 0.0416. The van der Waals surface area contributed by atoms with Crippen molar-refractivity contribution < 1.29 is 9.22 Å². The van der Waals surface area contributed by atoms with Crippen LogP contribution >= 0.6 is 0 Å². The number of nitrogens with one attached hydrogen (secondary N) is 1. The van der Waals surface area contributed by atoms with Gasteiger partial charge in [0.15, 0.2) is 0 Å². The van der Waals surface area contributed by atoms with E-state index in [2.05, 4.69) is 51.2 Å². The van der Waals surface area contributed by atoms with Crippen LogP contribution in [0.1, 0.15) is 26.2 Å². The molecule has 0 saturated carbocycles. The van der Waals surface area contributed by atoms with Gasteiger partial charge in [-0.15, -0.1) is 0 Å². The highest BCUT2D eigenvalue weighted by Crippen LogP contribution is 2.11. The Labute approximate surface area is 109 Å². The number of rotatable bonds is 7. The van der Waals surface area contributed by atoms with Crippen molar-refractivity contribution in [2.24, 2.45) is 0 Å². The molecule has 1 N–H and O–H groups in total. The Hall–Kier alpha value is -0.136. The van der Waals surface area contributed by atoms with Crippen LogP contribution in [0.2, 0.25) is 39.3 Å². The van der Waals surface area contributed by atoms with Crippen molar-refractivity contribution in [3.8, 4) is 0 Å². The average molecular weight is 276 g/mol. The van der Waals surface area contributed by atoms with Gasteiger partial charge in [-0.2, -0.15) is 0 Å². The molecule has 1 atom stereocenters. The van der Waals surface area contributed by atoms with Gasteiger partial charge in [-0.25, -0.2) is 0 Å². The molecule has 5 heteroatoms. The molecule has 0 heterocycles. The molecule has 0 spiro atoms. The van der Waals surface area contributed by atoms with Gasteiger partial charge >= 0.3 is 5.97 Å². The molecule has 0 aromatic rings. The van der Waals surface area contributed by atoms with E-state index in [1.54, 1.807) is 0 Å². The largest absolute Gasteiger partial charge is 0.519 e. The number of hydrogen-bond acceptors (Lipinski definition) is 3. The topological polar surface area (TPSA) is 38.3 Å². The lowest BCUT2D eigenvalue weighted by Crippen LogP contribution is -2.53. The first-order valence-corrected chi connectivity index (χ1v) is 13.5. The lowest BCUT2D eigenvalue weighted by molar-refractivity contribution is -0.137. The third-order valence-corrected chi connectivity index (χ3v) is 4.17. The lowest BCUT2D eigenvalue weighted by Gasteiger charge is -2.28. The first kappa shape index (κ1) is 16.9. The van der Waals surface area contributed by atoms with Crippen LogP contribution in [-0.4, -0.2) is 28.6 Å². The van der Waals surface area contributed by atoms with Crippen LogP contribution < -0.4 is 4.98 Å². The predicted octanol–water partition coefficient (Wildman–Crippen LogP) is 3.35. The van der Waals surface area contributed by atoms with E-state index in [0.717, 1.165) is 19.3 Å². The summed E-state index contributed by atoms with van der Waals surface area (Å²) in [5, 5.41) is 0. The molecule has 102 valence electrons. The van der Waals surface area contributed by atoms with Crippen LogP contribution in [0.5, 0.6) is 0 Å². The summed E-state index contributed by atoms with van der Waals surface area (Å²) in [6.45, 7) is 15.0. The molecule has 0 aliphatic rings. The van der Waals surface area contributed by atoms with Gasteiger partial charge in [0, 0.05) is 0 Å². The Morgan fingerprint density at radius 2 is 1.71 bits per heavy atom. The standard InChI is InChI=1S/C12H29NO2Si2/c1-8-9-10-11(13-16(2,3)4)12(14)15-17(5,6)7/h11,13H,8-10H2,1-7H3. The molecule has 0 radical (unpaired) electrons. The highest BCUT2D eigenvalue weighted by atomic mass is 28.4. The summed E-state index contributed by atoms with van der Waals surface area (Å²) in [6, 6.07) is -0.103. The molecule has 17 heavy (non-hydrogen) atoms. The molecule has 0 fully saturated rings. The molecule has 0 aromatic heterocycles. The SMILES string of the molecule is CCCCC(N[Si](C)(C)C)C(=O)O[Si](C)(C)C. The minimum Gasteiger partial charge on any atom is -0.519 e. The Morgan fingerprint density at radius 3 is 2.06 bits per heavy atom. The fourth-order valence-electron chi connectivity index (χ4n) is 1.55. The molecule has 0 aliphatic heterocycles. The fourth-order valence-corrected chi connectivity index (χ4v) is 3.61. The number of unbranched alkanes of at least 4 members (excludes halogenated alkanes) is 1. The minimum atomic E-state index is -1.77. The summed E-state index contributed by atoms with van der Waals surface area (Å²) in [4.78, 5) is 15.6. The van der Waals surface area contributed by atoms with Crippen LogP contribution in [-0.2, 0) is 9.22 Å². The first-order valence-electron chi connectivity index (χ1n) is 6.56. The van der Waals surface area contributed by atoms with Crippen molar-refractivity contribution in [3.05, 3.63) is 0 Å². The summed E-state index contributed by atoms with van der Waals surface area (Å²) < 4.78 is 5.60. The summed E-state index contributed by atoms with van der Waals surface area (Å²) in [6.07, 6.45) is 3.08. The van der Waals surface area contributed by atoms with Crippen molar-refractivity contribution in [3.63, 3.8) is 0 Å². The highest BCUT2D eigenvalue weighted by molar-refractivity contribution is 6.74. The molecule has 0 aromatic carbocycles. The molecular formula is C12H29NO2Si2. The highest BCUT2D eigenvalue weighted by Gasteiger charge is 2.29. The van der Waals surface area contributed by atoms with Gasteiger partial charge in [-0.05, 0) is 26.1 Å². The molecule has 3 nitrogen and oxygen atoms in total. The zero-order valence-electron chi connectivity index (χ0n) is 12.5. The summed E-state index contributed by atoms with van der Waals surface area (Å²) >= 11 is 0. The van der Waals surface area contributed by atoms with Gasteiger partial charge in [0.2, 0.25) is 8.32 Å². The van der Waals surface area contributed by atoms with Crippen LogP contribution in [0.4, 0.5) is 0 Å². The van der Waals surface area contributed by atoms with E-state index in [0.29, 0.717) is 0 Å². The molecule has 1 unspecified atom stereocenters. The van der Waals surface area contributed by atoms with Crippen LogP contribution in [0, 0.1) is 0 Å².